The minimum absolute atomic E-state index is 0.186. The second-order valence-electron chi connectivity index (χ2n) is 11.8. The van der Waals surface area contributed by atoms with Gasteiger partial charge in [0.05, 0.1) is 16.7 Å². The number of rotatable bonds is 9. The Balaban J connectivity index is 1.44. The van der Waals surface area contributed by atoms with E-state index in [0.29, 0.717) is 0 Å². The van der Waals surface area contributed by atoms with E-state index < -0.39 is 0 Å². The van der Waals surface area contributed by atoms with Crippen LogP contribution in [0, 0.1) is 12.8 Å². The van der Waals surface area contributed by atoms with Gasteiger partial charge in [0.1, 0.15) is 11.3 Å². The van der Waals surface area contributed by atoms with Gasteiger partial charge < -0.3 is 4.57 Å². The van der Waals surface area contributed by atoms with Crippen molar-refractivity contribution in [1.82, 2.24) is 19.4 Å². The zero-order valence-corrected chi connectivity index (χ0v) is 22.8. The summed E-state index contributed by atoms with van der Waals surface area (Å²) in [6.45, 7) is 14.5. The van der Waals surface area contributed by atoms with Crippen molar-refractivity contribution in [2.24, 2.45) is 5.92 Å². The quantitative estimate of drug-likeness (QED) is 0.245. The number of imidazole rings is 1. The Morgan fingerprint density at radius 2 is 1.69 bits per heavy atom. The molecule has 36 heavy (non-hydrogen) atoms. The first-order valence-corrected chi connectivity index (χ1v) is 13.9. The van der Waals surface area contributed by atoms with Crippen LogP contribution in [0.1, 0.15) is 82.4 Å². The largest absolute Gasteiger partial charge is 0.323 e. The number of fused-ring (bicyclic) bond motifs is 3. The van der Waals surface area contributed by atoms with Crippen molar-refractivity contribution in [2.45, 2.75) is 91.8 Å². The highest BCUT2D eigenvalue weighted by molar-refractivity contribution is 6.03. The molecule has 1 aliphatic rings. The molecule has 0 unspecified atom stereocenters. The molecule has 4 heteroatoms. The van der Waals surface area contributed by atoms with Crippen LogP contribution < -0.4 is 0 Å². The summed E-state index contributed by atoms with van der Waals surface area (Å²) >= 11 is 0. The summed E-state index contributed by atoms with van der Waals surface area (Å²) in [6.07, 6.45) is 7.52. The molecular weight excluding hydrogens is 440 g/mol. The number of unbranched alkanes of at least 4 members (excludes halogenated alkanes) is 1. The van der Waals surface area contributed by atoms with Gasteiger partial charge in [-0.1, -0.05) is 62.2 Å². The van der Waals surface area contributed by atoms with E-state index in [1.165, 1.54) is 60.1 Å². The molecule has 4 aromatic rings. The normalized spacial score (nSPS) is 14.7. The molecule has 0 amide bonds. The number of benzene rings is 2. The minimum atomic E-state index is 0.186. The Morgan fingerprint density at radius 3 is 2.36 bits per heavy atom. The molecule has 2 aromatic carbocycles. The van der Waals surface area contributed by atoms with Crippen LogP contribution in [0.25, 0.3) is 21.9 Å². The first-order valence-electron chi connectivity index (χ1n) is 13.9. The molecule has 0 spiro atoms. The molecule has 0 aliphatic heterocycles. The molecule has 2 aromatic heterocycles. The average Bonchev–Trinajstić information content (AvgIpc) is 3.18. The number of nitrogens with zero attached hydrogens (tertiary/aromatic N) is 4. The number of aromatic nitrogens is 3. The van der Waals surface area contributed by atoms with Gasteiger partial charge in [-0.25, -0.2) is 4.98 Å². The van der Waals surface area contributed by atoms with Crippen LogP contribution in [0.3, 0.4) is 0 Å². The van der Waals surface area contributed by atoms with Crippen LogP contribution in [-0.2, 0) is 19.5 Å². The third-order valence-corrected chi connectivity index (χ3v) is 7.98. The van der Waals surface area contributed by atoms with Crippen molar-refractivity contribution in [2.75, 3.05) is 6.54 Å². The fraction of sp³-hybridized carbons (Fsp3) is 0.500. The highest BCUT2D eigenvalue weighted by Gasteiger charge is 2.27. The first-order chi connectivity index (χ1) is 17.3. The Bertz CT molecular complexity index is 1320. The van der Waals surface area contributed by atoms with Gasteiger partial charge >= 0.3 is 0 Å². The van der Waals surface area contributed by atoms with Crippen LogP contribution in [0.5, 0.6) is 0 Å². The fourth-order valence-electron chi connectivity index (χ4n) is 5.44. The Hall–Kier alpha value is -2.72. The summed E-state index contributed by atoms with van der Waals surface area (Å²) in [5.41, 5.74) is 7.27. The Kier molecular flexibility index (Phi) is 7.16. The summed E-state index contributed by atoms with van der Waals surface area (Å²) in [7, 11) is 0. The Morgan fingerprint density at radius 1 is 0.972 bits per heavy atom. The van der Waals surface area contributed by atoms with Crippen LogP contribution in [0.2, 0.25) is 0 Å². The van der Waals surface area contributed by atoms with Gasteiger partial charge in [-0.3, -0.25) is 9.88 Å². The maximum Gasteiger partial charge on any atom is 0.111 e. The molecule has 0 saturated heterocycles. The zero-order chi connectivity index (χ0) is 25.3. The summed E-state index contributed by atoms with van der Waals surface area (Å²) < 4.78 is 2.45. The predicted octanol–water partition coefficient (Wildman–Crippen LogP) is 7.68. The Labute approximate surface area is 216 Å². The number of hydrogen-bond donors (Lipinski definition) is 0. The van der Waals surface area contributed by atoms with Crippen molar-refractivity contribution in [1.29, 1.82) is 0 Å². The van der Waals surface area contributed by atoms with E-state index in [9.17, 15) is 0 Å². The van der Waals surface area contributed by atoms with Crippen molar-refractivity contribution in [3.63, 3.8) is 0 Å². The zero-order valence-electron chi connectivity index (χ0n) is 22.8. The van der Waals surface area contributed by atoms with Gasteiger partial charge in [-0.05, 0) is 70.1 Å². The second kappa shape index (κ2) is 10.3. The molecule has 4 nitrogen and oxygen atoms in total. The number of aryl methyl sites for hydroxylation is 2. The second-order valence-corrected chi connectivity index (χ2v) is 11.8. The smallest absolute Gasteiger partial charge is 0.111 e. The van der Waals surface area contributed by atoms with E-state index in [1.54, 1.807) is 0 Å². The summed E-state index contributed by atoms with van der Waals surface area (Å²) in [5, 5.41) is 1.20. The van der Waals surface area contributed by atoms with Crippen molar-refractivity contribution < 1.29 is 0 Å². The van der Waals surface area contributed by atoms with Gasteiger partial charge in [0.15, 0.2) is 0 Å². The SMILES string of the molecule is CCCCc1nc2c(C)nc3ccccc3c2n1Cc1ccc(CN(CC2CCC2)C(C)(C)C)cc1. The van der Waals surface area contributed by atoms with E-state index in [1.807, 2.05) is 0 Å². The molecule has 1 aliphatic carbocycles. The van der Waals surface area contributed by atoms with Crippen molar-refractivity contribution in [3.05, 3.63) is 71.2 Å². The molecule has 190 valence electrons. The standard InChI is InChI=1S/C32H42N4/c1-6-7-15-29-34-30-23(2)33-28-14-9-8-13-27(28)31(30)36(29)22-26-18-16-25(17-19-26)21-35(32(3,4)5)20-24-11-10-12-24/h8-9,13-14,16-19,24H,6-7,10-12,15,20-22H2,1-5H3. The van der Waals surface area contributed by atoms with E-state index >= 15 is 0 Å². The van der Waals surface area contributed by atoms with Crippen LogP contribution >= 0.6 is 0 Å². The van der Waals surface area contributed by atoms with Crippen molar-refractivity contribution in [3.8, 4) is 0 Å². The molecule has 5 rings (SSSR count). The van der Waals surface area contributed by atoms with Gasteiger partial charge in [0.25, 0.3) is 0 Å². The number of para-hydroxylation sites is 1. The van der Waals surface area contributed by atoms with E-state index in [2.05, 4.69) is 92.6 Å². The maximum atomic E-state index is 5.11. The number of hydrogen-bond acceptors (Lipinski definition) is 3. The van der Waals surface area contributed by atoms with Gasteiger partial charge in [0, 0.05) is 37.0 Å². The molecule has 1 fully saturated rings. The molecule has 1 saturated carbocycles. The highest BCUT2D eigenvalue weighted by Crippen LogP contribution is 2.31. The van der Waals surface area contributed by atoms with Crippen LogP contribution in [-0.4, -0.2) is 31.5 Å². The lowest BCUT2D eigenvalue weighted by atomic mass is 9.84. The summed E-state index contributed by atoms with van der Waals surface area (Å²) in [4.78, 5) is 12.6. The predicted molar refractivity (Wildman–Crippen MR) is 151 cm³/mol. The van der Waals surface area contributed by atoms with Gasteiger partial charge in [-0.2, -0.15) is 0 Å². The van der Waals surface area contributed by atoms with Crippen LogP contribution in [0.15, 0.2) is 48.5 Å². The lowest BCUT2D eigenvalue weighted by Gasteiger charge is -2.40. The highest BCUT2D eigenvalue weighted by atomic mass is 15.2. The third-order valence-electron chi connectivity index (χ3n) is 7.98. The lowest BCUT2D eigenvalue weighted by Crippen LogP contribution is -2.44. The molecular formula is C32H42N4. The third kappa shape index (κ3) is 5.20. The molecule has 0 atom stereocenters. The average molecular weight is 483 g/mol. The van der Waals surface area contributed by atoms with Gasteiger partial charge in [-0.15, -0.1) is 0 Å². The minimum Gasteiger partial charge on any atom is -0.323 e. The number of pyridine rings is 1. The first kappa shape index (κ1) is 25.0. The van der Waals surface area contributed by atoms with E-state index in [0.717, 1.165) is 48.6 Å². The topological polar surface area (TPSA) is 34.0 Å². The fourth-order valence-corrected chi connectivity index (χ4v) is 5.44. The van der Waals surface area contributed by atoms with E-state index in [4.69, 9.17) is 9.97 Å². The molecule has 0 bridgehead atoms. The molecule has 0 radical (unpaired) electrons. The lowest BCUT2D eigenvalue weighted by molar-refractivity contribution is 0.0821. The maximum absolute atomic E-state index is 5.11. The molecule has 2 heterocycles. The monoisotopic (exact) mass is 482 g/mol. The van der Waals surface area contributed by atoms with Gasteiger partial charge in [0.2, 0.25) is 0 Å². The van der Waals surface area contributed by atoms with E-state index in [-0.39, 0.29) is 5.54 Å². The van der Waals surface area contributed by atoms with Crippen LogP contribution in [0.4, 0.5) is 0 Å². The summed E-state index contributed by atoms with van der Waals surface area (Å²) in [5.74, 6) is 2.06. The van der Waals surface area contributed by atoms with Crippen molar-refractivity contribution >= 4 is 21.9 Å². The molecule has 0 N–H and O–H groups in total. The summed E-state index contributed by atoms with van der Waals surface area (Å²) in [6, 6.07) is 17.8.